The van der Waals surface area contributed by atoms with E-state index in [1.807, 2.05) is 18.2 Å². The first kappa shape index (κ1) is 18.2. The Labute approximate surface area is 160 Å². The van der Waals surface area contributed by atoms with E-state index >= 15 is 0 Å². The fraction of sp³-hybridized carbons (Fsp3) is 0.500. The fourth-order valence-electron chi connectivity index (χ4n) is 4.34. The number of Topliss-reactive ketones (excluding diaryl/α,β-unsaturated/α-hetero) is 1. The number of carbonyl (C=O) groups is 1. The summed E-state index contributed by atoms with van der Waals surface area (Å²) in [4.78, 5) is 16.6. The summed E-state index contributed by atoms with van der Waals surface area (Å²) in [5, 5.41) is 0. The van der Waals surface area contributed by atoms with Gasteiger partial charge < -0.3 is 9.47 Å². The molecule has 0 atom stereocenters. The van der Waals surface area contributed by atoms with Crippen molar-refractivity contribution in [2.75, 3.05) is 37.6 Å². The van der Waals surface area contributed by atoms with Gasteiger partial charge in [-0.3, -0.25) is 9.69 Å². The second kappa shape index (κ2) is 8.26. The van der Waals surface area contributed by atoms with Crippen LogP contribution < -0.4 is 4.90 Å². The van der Waals surface area contributed by atoms with Crippen LogP contribution in [0, 0.1) is 5.82 Å². The first-order valence-corrected chi connectivity index (χ1v) is 10.2. The SMILES string of the molecule is O=C1CCCc2c1ccn2CCCCN1CCN(c2ccccc2F)CC1. The smallest absolute Gasteiger partial charge is 0.164 e. The Kier molecular flexibility index (Phi) is 5.58. The summed E-state index contributed by atoms with van der Waals surface area (Å²) in [6.45, 7) is 5.83. The Morgan fingerprint density at radius 2 is 1.70 bits per heavy atom. The number of hydrogen-bond donors (Lipinski definition) is 0. The van der Waals surface area contributed by atoms with Crippen LogP contribution in [0.25, 0.3) is 0 Å². The molecule has 0 amide bonds. The average molecular weight is 369 g/mol. The molecule has 4 nitrogen and oxygen atoms in total. The minimum atomic E-state index is -0.125. The normalized spacial score (nSPS) is 18.0. The fourth-order valence-corrected chi connectivity index (χ4v) is 4.34. The second-order valence-corrected chi connectivity index (χ2v) is 7.63. The van der Waals surface area contributed by atoms with Crippen LogP contribution in [0.4, 0.5) is 10.1 Å². The number of hydrogen-bond acceptors (Lipinski definition) is 3. The van der Waals surface area contributed by atoms with Gasteiger partial charge in [-0.25, -0.2) is 4.39 Å². The molecule has 144 valence electrons. The molecule has 1 aromatic heterocycles. The van der Waals surface area contributed by atoms with Gasteiger partial charge in [-0.1, -0.05) is 12.1 Å². The lowest BCUT2D eigenvalue weighted by Crippen LogP contribution is -2.46. The van der Waals surface area contributed by atoms with Crippen molar-refractivity contribution < 1.29 is 9.18 Å². The van der Waals surface area contributed by atoms with Gasteiger partial charge in [0, 0.05) is 56.6 Å². The highest BCUT2D eigenvalue weighted by Crippen LogP contribution is 2.23. The average Bonchev–Trinajstić information content (AvgIpc) is 3.11. The number of para-hydroxylation sites is 1. The third-order valence-electron chi connectivity index (χ3n) is 5.89. The molecule has 2 aliphatic rings. The van der Waals surface area contributed by atoms with Gasteiger partial charge in [-0.2, -0.15) is 0 Å². The Balaban J connectivity index is 1.20. The second-order valence-electron chi connectivity index (χ2n) is 7.63. The lowest BCUT2D eigenvalue weighted by molar-refractivity contribution is 0.0971. The van der Waals surface area contributed by atoms with Crippen molar-refractivity contribution in [3.63, 3.8) is 0 Å². The van der Waals surface area contributed by atoms with Gasteiger partial charge in [0.15, 0.2) is 5.78 Å². The van der Waals surface area contributed by atoms with E-state index in [1.54, 1.807) is 6.07 Å². The summed E-state index contributed by atoms with van der Waals surface area (Å²) in [6, 6.07) is 9.05. The molecule has 0 bridgehead atoms. The molecule has 27 heavy (non-hydrogen) atoms. The van der Waals surface area contributed by atoms with Crippen molar-refractivity contribution in [2.24, 2.45) is 0 Å². The third kappa shape index (κ3) is 4.08. The summed E-state index contributed by atoms with van der Waals surface area (Å²) >= 11 is 0. The van der Waals surface area contributed by atoms with Crippen LogP contribution in [0.3, 0.4) is 0 Å². The summed E-state index contributed by atoms with van der Waals surface area (Å²) in [5.74, 6) is 0.183. The molecule has 5 heteroatoms. The zero-order valence-electron chi connectivity index (χ0n) is 15.9. The summed E-state index contributed by atoms with van der Waals surface area (Å²) < 4.78 is 16.2. The van der Waals surface area contributed by atoms with Gasteiger partial charge in [-0.05, 0) is 50.4 Å². The molecule has 2 heterocycles. The number of aromatic nitrogens is 1. The number of carbonyl (C=O) groups excluding carboxylic acids is 1. The van der Waals surface area contributed by atoms with E-state index in [0.717, 1.165) is 76.2 Å². The molecule has 1 aromatic carbocycles. The van der Waals surface area contributed by atoms with Crippen LogP contribution in [0.15, 0.2) is 36.5 Å². The van der Waals surface area contributed by atoms with Gasteiger partial charge in [0.2, 0.25) is 0 Å². The van der Waals surface area contributed by atoms with E-state index in [2.05, 4.69) is 20.6 Å². The summed E-state index contributed by atoms with van der Waals surface area (Å²) in [5.41, 5.74) is 2.92. The monoisotopic (exact) mass is 369 g/mol. The number of benzene rings is 1. The Morgan fingerprint density at radius 3 is 2.52 bits per heavy atom. The maximum atomic E-state index is 13.9. The highest BCUT2D eigenvalue weighted by molar-refractivity contribution is 5.98. The number of aryl methyl sites for hydroxylation is 1. The summed E-state index contributed by atoms with van der Waals surface area (Å²) in [6.07, 6.45) is 7.09. The standard InChI is InChI=1S/C22H28FN3O/c23-19-6-1-2-7-21(19)26-16-14-24(15-17-26)11-3-4-12-25-13-10-18-20(25)8-5-9-22(18)27/h1-2,6-7,10,13H,3-5,8-9,11-12,14-17H2. The van der Waals surface area contributed by atoms with E-state index < -0.39 is 0 Å². The Bertz CT molecular complexity index is 793. The van der Waals surface area contributed by atoms with Gasteiger partial charge >= 0.3 is 0 Å². The lowest BCUT2D eigenvalue weighted by atomic mass is 9.97. The number of rotatable bonds is 6. The molecule has 1 aliphatic heterocycles. The molecular formula is C22H28FN3O. The van der Waals surface area contributed by atoms with Crippen molar-refractivity contribution in [1.82, 2.24) is 9.47 Å². The van der Waals surface area contributed by atoms with Crippen molar-refractivity contribution in [3.05, 3.63) is 53.6 Å². The molecule has 0 unspecified atom stereocenters. The molecule has 4 rings (SSSR count). The number of nitrogens with zero attached hydrogens (tertiary/aromatic N) is 3. The van der Waals surface area contributed by atoms with E-state index in [0.29, 0.717) is 12.2 Å². The number of ketones is 1. The number of fused-ring (bicyclic) bond motifs is 1. The van der Waals surface area contributed by atoms with Crippen LogP contribution >= 0.6 is 0 Å². The van der Waals surface area contributed by atoms with Gasteiger partial charge in [-0.15, -0.1) is 0 Å². The molecule has 0 radical (unpaired) electrons. The first-order valence-electron chi connectivity index (χ1n) is 10.2. The predicted molar refractivity (Wildman–Crippen MR) is 106 cm³/mol. The molecule has 0 saturated carbocycles. The molecule has 1 aliphatic carbocycles. The quantitative estimate of drug-likeness (QED) is 0.726. The Hall–Kier alpha value is -2.14. The van der Waals surface area contributed by atoms with Gasteiger partial charge in [0.1, 0.15) is 5.82 Å². The van der Waals surface area contributed by atoms with Crippen LogP contribution in [-0.4, -0.2) is 48.0 Å². The molecule has 1 saturated heterocycles. The zero-order valence-corrected chi connectivity index (χ0v) is 15.9. The minimum absolute atomic E-state index is 0.125. The highest BCUT2D eigenvalue weighted by Gasteiger charge is 2.21. The van der Waals surface area contributed by atoms with E-state index in [4.69, 9.17) is 0 Å². The molecule has 0 spiro atoms. The topological polar surface area (TPSA) is 28.5 Å². The lowest BCUT2D eigenvalue weighted by Gasteiger charge is -2.36. The van der Waals surface area contributed by atoms with E-state index in [-0.39, 0.29) is 5.82 Å². The van der Waals surface area contributed by atoms with Crippen molar-refractivity contribution >= 4 is 11.5 Å². The summed E-state index contributed by atoms with van der Waals surface area (Å²) in [7, 11) is 0. The zero-order chi connectivity index (χ0) is 18.6. The highest BCUT2D eigenvalue weighted by atomic mass is 19.1. The maximum Gasteiger partial charge on any atom is 0.164 e. The molecule has 0 N–H and O–H groups in total. The first-order chi connectivity index (χ1) is 13.2. The number of anilines is 1. The third-order valence-corrected chi connectivity index (χ3v) is 5.89. The van der Waals surface area contributed by atoms with Crippen molar-refractivity contribution in [1.29, 1.82) is 0 Å². The van der Waals surface area contributed by atoms with Crippen LogP contribution in [0.5, 0.6) is 0 Å². The molecular weight excluding hydrogens is 341 g/mol. The van der Waals surface area contributed by atoms with Crippen molar-refractivity contribution in [2.45, 2.75) is 38.6 Å². The van der Waals surface area contributed by atoms with Crippen LogP contribution in [-0.2, 0) is 13.0 Å². The largest absolute Gasteiger partial charge is 0.367 e. The maximum absolute atomic E-state index is 13.9. The van der Waals surface area contributed by atoms with E-state index in [1.165, 1.54) is 11.8 Å². The Morgan fingerprint density at radius 1 is 0.926 bits per heavy atom. The van der Waals surface area contributed by atoms with Crippen LogP contribution in [0.2, 0.25) is 0 Å². The van der Waals surface area contributed by atoms with Crippen molar-refractivity contribution in [3.8, 4) is 0 Å². The predicted octanol–water partition coefficient (Wildman–Crippen LogP) is 3.75. The number of piperazine rings is 1. The van der Waals surface area contributed by atoms with Gasteiger partial charge in [0.25, 0.3) is 0 Å². The minimum Gasteiger partial charge on any atom is -0.367 e. The van der Waals surface area contributed by atoms with E-state index in [9.17, 15) is 9.18 Å². The number of halogens is 1. The molecule has 2 aromatic rings. The molecule has 1 fully saturated rings. The van der Waals surface area contributed by atoms with Crippen LogP contribution in [0.1, 0.15) is 41.7 Å². The number of unbranched alkanes of at least 4 members (excludes halogenated alkanes) is 1. The van der Waals surface area contributed by atoms with Gasteiger partial charge in [0.05, 0.1) is 5.69 Å².